The minimum absolute atomic E-state index is 0.0211. The zero-order chi connectivity index (χ0) is 21.3. The van der Waals surface area contributed by atoms with Gasteiger partial charge >= 0.3 is 0 Å². The second-order valence-electron chi connectivity index (χ2n) is 9.79. The highest BCUT2D eigenvalue weighted by molar-refractivity contribution is 5.82. The van der Waals surface area contributed by atoms with Gasteiger partial charge in [-0.1, -0.05) is 6.92 Å². The molecule has 0 aromatic heterocycles. The highest BCUT2D eigenvalue weighted by atomic mass is 19.1. The van der Waals surface area contributed by atoms with Crippen LogP contribution in [-0.2, 0) is 9.59 Å². The number of nitrogens with zero attached hydrogens (tertiary/aromatic N) is 2. The Morgan fingerprint density at radius 3 is 2.53 bits per heavy atom. The van der Waals surface area contributed by atoms with E-state index in [1.165, 1.54) is 0 Å². The summed E-state index contributed by atoms with van der Waals surface area (Å²) in [6.45, 7) is 3.92. The third-order valence-electron chi connectivity index (χ3n) is 7.95. The molecular formula is C22H36F2N4O2. The van der Waals surface area contributed by atoms with E-state index in [1.54, 1.807) is 4.90 Å². The van der Waals surface area contributed by atoms with Crippen molar-refractivity contribution in [2.45, 2.75) is 82.2 Å². The highest BCUT2D eigenvalue weighted by Crippen LogP contribution is 2.38. The van der Waals surface area contributed by atoms with Crippen molar-refractivity contribution >= 4 is 11.8 Å². The molecule has 7 atom stereocenters. The molecule has 7 unspecified atom stereocenters. The smallest absolute Gasteiger partial charge is 0.254 e. The molecule has 4 aliphatic rings. The maximum atomic E-state index is 14.3. The molecule has 30 heavy (non-hydrogen) atoms. The van der Waals surface area contributed by atoms with Crippen LogP contribution >= 0.6 is 0 Å². The van der Waals surface area contributed by atoms with Crippen LogP contribution in [0.3, 0.4) is 0 Å². The average Bonchev–Trinajstić information content (AvgIpc) is 3.23. The van der Waals surface area contributed by atoms with Crippen molar-refractivity contribution in [1.82, 2.24) is 20.4 Å². The first-order valence-corrected chi connectivity index (χ1v) is 11.7. The second kappa shape index (κ2) is 9.47. The van der Waals surface area contributed by atoms with Gasteiger partial charge in [0.25, 0.3) is 5.91 Å². The lowest BCUT2D eigenvalue weighted by atomic mass is 9.77. The second-order valence-corrected chi connectivity index (χ2v) is 9.79. The van der Waals surface area contributed by atoms with Gasteiger partial charge in [-0.2, -0.15) is 0 Å². The highest BCUT2D eigenvalue weighted by Gasteiger charge is 2.46. The van der Waals surface area contributed by atoms with E-state index in [2.05, 4.69) is 22.5 Å². The fourth-order valence-corrected chi connectivity index (χ4v) is 6.15. The van der Waals surface area contributed by atoms with E-state index in [9.17, 15) is 18.4 Å². The number of alkyl halides is 2. The monoisotopic (exact) mass is 426 g/mol. The molecule has 2 saturated carbocycles. The molecule has 4 fully saturated rings. The number of hydrogen-bond donors (Lipinski definition) is 2. The Morgan fingerprint density at radius 2 is 1.83 bits per heavy atom. The summed E-state index contributed by atoms with van der Waals surface area (Å²) in [4.78, 5) is 28.4. The van der Waals surface area contributed by atoms with Crippen LogP contribution in [0, 0.1) is 11.8 Å². The topological polar surface area (TPSA) is 64.7 Å². The largest absolute Gasteiger partial charge is 0.352 e. The molecule has 0 aromatic carbocycles. The van der Waals surface area contributed by atoms with Gasteiger partial charge in [-0.15, -0.1) is 0 Å². The van der Waals surface area contributed by atoms with Crippen LogP contribution in [-0.4, -0.2) is 84.8 Å². The van der Waals surface area contributed by atoms with E-state index in [4.69, 9.17) is 0 Å². The number of carbonyl (C=O) groups excluding carboxylic acids is 2. The Morgan fingerprint density at radius 1 is 1.07 bits per heavy atom. The molecule has 2 amide bonds. The SMILES string of the molecule is CC1CCC(F)C2CC(C(=O)NC3CCCC(N4CCN(C(=O)CF)CC4)C3)NC12. The lowest BCUT2D eigenvalue weighted by Gasteiger charge is -2.42. The van der Waals surface area contributed by atoms with Crippen LogP contribution in [0.4, 0.5) is 8.78 Å². The molecule has 2 heterocycles. The van der Waals surface area contributed by atoms with E-state index in [-0.39, 0.29) is 30.0 Å². The average molecular weight is 427 g/mol. The fourth-order valence-electron chi connectivity index (χ4n) is 6.15. The normalized spacial score (nSPS) is 40.1. The summed E-state index contributed by atoms with van der Waals surface area (Å²) in [7, 11) is 0. The molecule has 4 rings (SSSR count). The summed E-state index contributed by atoms with van der Waals surface area (Å²) in [5, 5.41) is 6.67. The predicted molar refractivity (Wildman–Crippen MR) is 110 cm³/mol. The van der Waals surface area contributed by atoms with Crippen LogP contribution in [0.25, 0.3) is 0 Å². The first-order valence-electron chi connectivity index (χ1n) is 11.7. The van der Waals surface area contributed by atoms with Gasteiger partial charge in [0.1, 0.15) is 6.17 Å². The van der Waals surface area contributed by atoms with Gasteiger partial charge in [0.05, 0.1) is 6.04 Å². The predicted octanol–water partition coefficient (Wildman–Crippen LogP) is 1.64. The number of hydrogen-bond acceptors (Lipinski definition) is 4. The first kappa shape index (κ1) is 21.9. The minimum Gasteiger partial charge on any atom is -0.352 e. The maximum absolute atomic E-state index is 14.3. The quantitative estimate of drug-likeness (QED) is 0.718. The minimum atomic E-state index is -0.920. The summed E-state index contributed by atoms with van der Waals surface area (Å²) in [5.41, 5.74) is 0. The summed E-state index contributed by atoms with van der Waals surface area (Å²) in [6.07, 6.45) is 5.35. The summed E-state index contributed by atoms with van der Waals surface area (Å²) in [6, 6.07) is 0.368. The molecule has 170 valence electrons. The molecule has 2 aliphatic carbocycles. The molecule has 2 aliphatic heterocycles. The molecule has 0 radical (unpaired) electrons. The summed E-state index contributed by atoms with van der Waals surface area (Å²) < 4.78 is 26.9. The lowest BCUT2D eigenvalue weighted by molar-refractivity contribution is -0.134. The van der Waals surface area contributed by atoms with Gasteiger partial charge in [0.2, 0.25) is 5.91 Å². The number of carbonyl (C=O) groups is 2. The number of halogens is 2. The van der Waals surface area contributed by atoms with E-state index < -0.39 is 18.8 Å². The van der Waals surface area contributed by atoms with Crippen molar-refractivity contribution in [3.63, 3.8) is 0 Å². The van der Waals surface area contributed by atoms with Gasteiger partial charge in [0, 0.05) is 50.2 Å². The van der Waals surface area contributed by atoms with E-state index in [0.29, 0.717) is 37.9 Å². The van der Waals surface area contributed by atoms with Crippen molar-refractivity contribution in [3.8, 4) is 0 Å². The zero-order valence-corrected chi connectivity index (χ0v) is 18.0. The van der Waals surface area contributed by atoms with Gasteiger partial charge in [-0.05, 0) is 50.9 Å². The fraction of sp³-hybridized carbons (Fsp3) is 0.909. The molecular weight excluding hydrogens is 390 g/mol. The molecule has 0 aromatic rings. The lowest BCUT2D eigenvalue weighted by Crippen LogP contribution is -2.55. The van der Waals surface area contributed by atoms with E-state index in [0.717, 1.165) is 45.2 Å². The van der Waals surface area contributed by atoms with Gasteiger partial charge in [-0.25, -0.2) is 8.78 Å². The number of amides is 2. The van der Waals surface area contributed by atoms with Gasteiger partial charge in [-0.3, -0.25) is 14.5 Å². The Labute approximate surface area is 178 Å². The number of piperazine rings is 1. The maximum Gasteiger partial charge on any atom is 0.254 e. The summed E-state index contributed by atoms with van der Waals surface area (Å²) >= 11 is 0. The van der Waals surface area contributed by atoms with E-state index >= 15 is 0 Å². The van der Waals surface area contributed by atoms with Crippen molar-refractivity contribution in [2.75, 3.05) is 32.9 Å². The Hall–Kier alpha value is -1.28. The van der Waals surface area contributed by atoms with Crippen molar-refractivity contribution < 1.29 is 18.4 Å². The van der Waals surface area contributed by atoms with Crippen LogP contribution < -0.4 is 10.6 Å². The third kappa shape index (κ3) is 4.64. The van der Waals surface area contributed by atoms with Crippen molar-refractivity contribution in [1.29, 1.82) is 0 Å². The van der Waals surface area contributed by atoms with Crippen LogP contribution in [0.2, 0.25) is 0 Å². The standard InChI is InChI=1S/C22H36F2N4O2/c1-14-5-6-18(24)17-12-19(26-21(14)17)22(30)25-15-3-2-4-16(11-15)27-7-9-28(10-8-27)20(29)13-23/h14-19,21,26H,2-13H2,1H3,(H,25,30). The number of fused-ring (bicyclic) bond motifs is 1. The van der Waals surface area contributed by atoms with Gasteiger partial charge < -0.3 is 15.5 Å². The van der Waals surface area contributed by atoms with Crippen molar-refractivity contribution in [2.24, 2.45) is 11.8 Å². The number of rotatable bonds is 4. The van der Waals surface area contributed by atoms with Crippen LogP contribution in [0.1, 0.15) is 51.9 Å². The molecule has 8 heteroatoms. The molecule has 0 bridgehead atoms. The zero-order valence-electron chi connectivity index (χ0n) is 18.0. The third-order valence-corrected chi connectivity index (χ3v) is 7.95. The van der Waals surface area contributed by atoms with E-state index in [1.807, 2.05) is 0 Å². The van der Waals surface area contributed by atoms with Crippen molar-refractivity contribution in [3.05, 3.63) is 0 Å². The number of nitrogens with one attached hydrogen (secondary N) is 2. The van der Waals surface area contributed by atoms with Crippen LogP contribution in [0.5, 0.6) is 0 Å². The van der Waals surface area contributed by atoms with Crippen LogP contribution in [0.15, 0.2) is 0 Å². The molecule has 0 spiro atoms. The first-order chi connectivity index (χ1) is 14.5. The molecule has 2 saturated heterocycles. The van der Waals surface area contributed by atoms with Gasteiger partial charge in [0.15, 0.2) is 6.67 Å². The summed E-state index contributed by atoms with van der Waals surface area (Å²) in [5.74, 6) is -0.0144. The molecule has 6 nitrogen and oxygen atoms in total. The molecule has 2 N–H and O–H groups in total. The Kier molecular flexibility index (Phi) is 6.92. The Bertz CT molecular complexity index is 610. The Balaban J connectivity index is 1.26.